The second-order valence-corrected chi connectivity index (χ2v) is 4.10. The predicted molar refractivity (Wildman–Crippen MR) is 54.5 cm³/mol. The molecule has 78 valence electrons. The molecule has 5 nitrogen and oxygen atoms in total. The fourth-order valence-corrected chi connectivity index (χ4v) is 1.61. The number of rotatable bonds is 4. The van der Waals surface area contributed by atoms with Crippen LogP contribution in [-0.2, 0) is 4.79 Å². The standard InChI is InChI=1S/C8H13N3O2S/c1-4(2)6(7(12)13)10-8-9-5(3)11-14-8/h4,6H,1-3H3,(H,12,13)(H,9,10,11). The van der Waals surface area contributed by atoms with Crippen LogP contribution in [0.5, 0.6) is 0 Å². The van der Waals surface area contributed by atoms with E-state index in [1.54, 1.807) is 6.92 Å². The molecule has 1 heterocycles. The van der Waals surface area contributed by atoms with Crippen LogP contribution in [0.1, 0.15) is 19.7 Å². The lowest BCUT2D eigenvalue weighted by Gasteiger charge is -2.16. The molecule has 1 aromatic rings. The van der Waals surface area contributed by atoms with Gasteiger partial charge in [-0.05, 0) is 12.8 Å². The Hall–Kier alpha value is -1.17. The summed E-state index contributed by atoms with van der Waals surface area (Å²) in [5, 5.41) is 12.3. The zero-order valence-electron chi connectivity index (χ0n) is 8.31. The molecule has 0 aromatic carbocycles. The molecule has 0 saturated carbocycles. The largest absolute Gasteiger partial charge is 0.480 e. The smallest absolute Gasteiger partial charge is 0.326 e. The zero-order valence-corrected chi connectivity index (χ0v) is 9.13. The van der Waals surface area contributed by atoms with E-state index in [1.807, 2.05) is 13.8 Å². The van der Waals surface area contributed by atoms with Crippen molar-refractivity contribution in [3.05, 3.63) is 5.82 Å². The van der Waals surface area contributed by atoms with E-state index in [0.717, 1.165) is 0 Å². The van der Waals surface area contributed by atoms with Crippen LogP contribution < -0.4 is 5.32 Å². The van der Waals surface area contributed by atoms with Gasteiger partial charge in [0, 0.05) is 11.5 Å². The number of aliphatic carboxylic acids is 1. The Kier molecular flexibility index (Phi) is 3.40. The molecular formula is C8H13N3O2S. The molecule has 1 rings (SSSR count). The molecular weight excluding hydrogens is 202 g/mol. The van der Waals surface area contributed by atoms with Gasteiger partial charge in [0.25, 0.3) is 0 Å². The number of anilines is 1. The lowest BCUT2D eigenvalue weighted by molar-refractivity contribution is -0.138. The number of carboxylic acid groups (broad SMARTS) is 1. The maximum Gasteiger partial charge on any atom is 0.326 e. The van der Waals surface area contributed by atoms with Gasteiger partial charge in [-0.2, -0.15) is 4.37 Å². The molecule has 0 aliphatic rings. The molecule has 0 amide bonds. The first-order chi connectivity index (χ1) is 6.50. The number of hydrogen-bond acceptors (Lipinski definition) is 5. The average Bonchev–Trinajstić information content (AvgIpc) is 2.46. The lowest BCUT2D eigenvalue weighted by atomic mass is 10.1. The molecule has 0 spiro atoms. The Morgan fingerprint density at radius 1 is 1.57 bits per heavy atom. The molecule has 1 atom stereocenters. The van der Waals surface area contributed by atoms with E-state index >= 15 is 0 Å². The number of hydrogen-bond donors (Lipinski definition) is 2. The van der Waals surface area contributed by atoms with Crippen molar-refractivity contribution in [2.45, 2.75) is 26.8 Å². The third-order valence-electron chi connectivity index (χ3n) is 1.74. The number of aryl methyl sites for hydroxylation is 1. The normalized spacial score (nSPS) is 12.9. The minimum absolute atomic E-state index is 0.0108. The van der Waals surface area contributed by atoms with E-state index in [4.69, 9.17) is 5.11 Å². The van der Waals surface area contributed by atoms with Crippen molar-refractivity contribution in [1.29, 1.82) is 0 Å². The second kappa shape index (κ2) is 4.36. The number of aromatic nitrogens is 2. The van der Waals surface area contributed by atoms with Crippen LogP contribution in [0.4, 0.5) is 5.13 Å². The van der Waals surface area contributed by atoms with Gasteiger partial charge in [0.05, 0.1) is 0 Å². The van der Waals surface area contributed by atoms with Gasteiger partial charge in [0.2, 0.25) is 5.13 Å². The highest BCUT2D eigenvalue weighted by molar-refractivity contribution is 7.09. The lowest BCUT2D eigenvalue weighted by Crippen LogP contribution is -2.34. The van der Waals surface area contributed by atoms with Crippen LogP contribution in [0, 0.1) is 12.8 Å². The molecule has 6 heteroatoms. The first-order valence-corrected chi connectivity index (χ1v) is 5.07. The Morgan fingerprint density at radius 2 is 2.21 bits per heavy atom. The quantitative estimate of drug-likeness (QED) is 0.793. The summed E-state index contributed by atoms with van der Waals surface area (Å²) in [5.41, 5.74) is 0. The van der Waals surface area contributed by atoms with Crippen LogP contribution in [0.15, 0.2) is 0 Å². The summed E-state index contributed by atoms with van der Waals surface area (Å²) in [5.74, 6) is -0.199. The fourth-order valence-electron chi connectivity index (χ4n) is 1.00. The number of nitrogens with one attached hydrogen (secondary N) is 1. The topological polar surface area (TPSA) is 75.1 Å². The molecule has 14 heavy (non-hydrogen) atoms. The Labute approximate surface area is 86.3 Å². The third kappa shape index (κ3) is 2.66. The highest BCUT2D eigenvalue weighted by atomic mass is 32.1. The van der Waals surface area contributed by atoms with E-state index in [-0.39, 0.29) is 5.92 Å². The maximum atomic E-state index is 10.8. The summed E-state index contributed by atoms with van der Waals surface area (Å²) in [6, 6.07) is -0.609. The van der Waals surface area contributed by atoms with Gasteiger partial charge in [0.1, 0.15) is 11.9 Å². The van der Waals surface area contributed by atoms with Crippen molar-refractivity contribution in [2.24, 2.45) is 5.92 Å². The van der Waals surface area contributed by atoms with Crippen molar-refractivity contribution in [2.75, 3.05) is 5.32 Å². The van der Waals surface area contributed by atoms with Crippen molar-refractivity contribution >= 4 is 22.6 Å². The van der Waals surface area contributed by atoms with Crippen LogP contribution in [0.2, 0.25) is 0 Å². The van der Waals surface area contributed by atoms with Crippen LogP contribution in [0.3, 0.4) is 0 Å². The van der Waals surface area contributed by atoms with Gasteiger partial charge >= 0.3 is 5.97 Å². The van der Waals surface area contributed by atoms with E-state index in [2.05, 4.69) is 14.7 Å². The Morgan fingerprint density at radius 3 is 2.57 bits per heavy atom. The van der Waals surface area contributed by atoms with Crippen LogP contribution in [0.25, 0.3) is 0 Å². The van der Waals surface area contributed by atoms with E-state index in [1.165, 1.54) is 11.5 Å². The summed E-state index contributed by atoms with van der Waals surface area (Å²) in [7, 11) is 0. The minimum Gasteiger partial charge on any atom is -0.480 e. The van der Waals surface area contributed by atoms with Crippen molar-refractivity contribution < 1.29 is 9.90 Å². The summed E-state index contributed by atoms with van der Waals surface area (Å²) in [6.45, 7) is 5.46. The number of nitrogens with zero attached hydrogens (tertiary/aromatic N) is 2. The van der Waals surface area contributed by atoms with Gasteiger partial charge in [-0.3, -0.25) is 0 Å². The highest BCUT2D eigenvalue weighted by Crippen LogP contribution is 2.15. The molecule has 0 fully saturated rings. The number of carbonyl (C=O) groups is 1. The van der Waals surface area contributed by atoms with Gasteiger partial charge < -0.3 is 10.4 Å². The summed E-state index contributed by atoms with van der Waals surface area (Å²) < 4.78 is 3.96. The zero-order chi connectivity index (χ0) is 10.7. The van der Waals surface area contributed by atoms with Gasteiger partial charge in [-0.1, -0.05) is 13.8 Å². The van der Waals surface area contributed by atoms with Crippen molar-refractivity contribution in [1.82, 2.24) is 9.36 Å². The number of carboxylic acids is 1. The van der Waals surface area contributed by atoms with Crippen LogP contribution in [-0.4, -0.2) is 26.5 Å². The SMILES string of the molecule is Cc1nsc(NC(C(=O)O)C(C)C)n1. The average molecular weight is 215 g/mol. The second-order valence-electron chi connectivity index (χ2n) is 3.35. The van der Waals surface area contributed by atoms with Gasteiger partial charge in [-0.25, -0.2) is 9.78 Å². The molecule has 1 unspecified atom stereocenters. The molecule has 2 N–H and O–H groups in total. The van der Waals surface area contributed by atoms with Crippen molar-refractivity contribution in [3.8, 4) is 0 Å². The molecule has 0 aliphatic heterocycles. The van der Waals surface area contributed by atoms with E-state index in [9.17, 15) is 4.79 Å². The summed E-state index contributed by atoms with van der Waals surface area (Å²) in [4.78, 5) is 14.9. The molecule has 0 bridgehead atoms. The van der Waals surface area contributed by atoms with E-state index < -0.39 is 12.0 Å². The van der Waals surface area contributed by atoms with Crippen LogP contribution >= 0.6 is 11.5 Å². The van der Waals surface area contributed by atoms with Gasteiger partial charge in [0.15, 0.2) is 0 Å². The molecule has 0 saturated heterocycles. The first kappa shape index (κ1) is 10.9. The summed E-state index contributed by atoms with van der Waals surface area (Å²) in [6.07, 6.45) is 0. The predicted octanol–water partition coefficient (Wildman–Crippen LogP) is 1.37. The highest BCUT2D eigenvalue weighted by Gasteiger charge is 2.22. The molecule has 1 aromatic heterocycles. The third-order valence-corrected chi connectivity index (χ3v) is 2.48. The fraction of sp³-hybridized carbons (Fsp3) is 0.625. The first-order valence-electron chi connectivity index (χ1n) is 4.30. The minimum atomic E-state index is -0.868. The molecule has 0 aliphatic carbocycles. The Balaban J connectivity index is 2.69. The maximum absolute atomic E-state index is 10.8. The summed E-state index contributed by atoms with van der Waals surface area (Å²) >= 11 is 1.18. The van der Waals surface area contributed by atoms with Gasteiger partial charge in [-0.15, -0.1) is 0 Å². The Bertz CT molecular complexity index is 324. The van der Waals surface area contributed by atoms with E-state index in [0.29, 0.717) is 11.0 Å². The molecule has 0 radical (unpaired) electrons. The monoisotopic (exact) mass is 215 g/mol. The van der Waals surface area contributed by atoms with Crippen molar-refractivity contribution in [3.63, 3.8) is 0 Å².